The van der Waals surface area contributed by atoms with Gasteiger partial charge in [0.1, 0.15) is 0 Å². The highest BCUT2D eigenvalue weighted by molar-refractivity contribution is 7.09. The second-order valence-electron chi connectivity index (χ2n) is 5.23. The van der Waals surface area contributed by atoms with Gasteiger partial charge in [-0.15, -0.1) is 11.3 Å². The number of halogens is 1. The number of thiazole rings is 1. The van der Waals surface area contributed by atoms with Crippen LogP contribution in [-0.4, -0.2) is 22.6 Å². The SMILES string of the molecule is Cc1ncsc1CCOc1cc(CNC2CC2)c(Cl)cn1. The molecule has 0 bridgehead atoms. The van der Waals surface area contributed by atoms with E-state index in [4.69, 9.17) is 16.3 Å². The molecule has 0 unspecified atom stereocenters. The molecule has 112 valence electrons. The van der Waals surface area contributed by atoms with Crippen molar-refractivity contribution in [3.8, 4) is 5.88 Å². The fourth-order valence-electron chi connectivity index (χ4n) is 2.03. The van der Waals surface area contributed by atoms with Crippen molar-refractivity contribution in [2.75, 3.05) is 6.61 Å². The van der Waals surface area contributed by atoms with Gasteiger partial charge in [0.15, 0.2) is 0 Å². The van der Waals surface area contributed by atoms with Crippen molar-refractivity contribution in [2.45, 2.75) is 38.8 Å². The van der Waals surface area contributed by atoms with Gasteiger partial charge < -0.3 is 10.1 Å². The molecule has 1 aliphatic rings. The maximum atomic E-state index is 6.17. The van der Waals surface area contributed by atoms with Crippen LogP contribution in [0.1, 0.15) is 29.0 Å². The summed E-state index contributed by atoms with van der Waals surface area (Å²) in [6.45, 7) is 3.40. The van der Waals surface area contributed by atoms with Crippen molar-refractivity contribution in [1.29, 1.82) is 0 Å². The van der Waals surface area contributed by atoms with Gasteiger partial charge in [0.05, 0.1) is 22.8 Å². The summed E-state index contributed by atoms with van der Waals surface area (Å²) >= 11 is 7.84. The number of nitrogens with zero attached hydrogens (tertiary/aromatic N) is 2. The first-order valence-corrected chi connectivity index (χ1v) is 8.37. The van der Waals surface area contributed by atoms with Crippen LogP contribution in [0.2, 0.25) is 5.02 Å². The highest BCUT2D eigenvalue weighted by atomic mass is 35.5. The van der Waals surface area contributed by atoms with Crippen molar-refractivity contribution >= 4 is 22.9 Å². The average Bonchev–Trinajstić information content (AvgIpc) is 3.22. The highest BCUT2D eigenvalue weighted by Gasteiger charge is 2.20. The van der Waals surface area contributed by atoms with Gasteiger partial charge in [-0.2, -0.15) is 0 Å². The Kier molecular flexibility index (Phi) is 4.73. The minimum absolute atomic E-state index is 0.604. The fourth-order valence-corrected chi connectivity index (χ4v) is 2.96. The number of hydrogen-bond acceptors (Lipinski definition) is 5. The van der Waals surface area contributed by atoms with Crippen LogP contribution in [0.25, 0.3) is 0 Å². The van der Waals surface area contributed by atoms with E-state index in [1.54, 1.807) is 17.5 Å². The molecule has 0 aliphatic heterocycles. The maximum absolute atomic E-state index is 6.17. The second-order valence-corrected chi connectivity index (χ2v) is 6.58. The average molecular weight is 324 g/mol. The van der Waals surface area contributed by atoms with Crippen molar-refractivity contribution in [3.63, 3.8) is 0 Å². The van der Waals surface area contributed by atoms with Crippen molar-refractivity contribution in [3.05, 3.63) is 38.9 Å². The summed E-state index contributed by atoms with van der Waals surface area (Å²) in [7, 11) is 0. The van der Waals surface area contributed by atoms with E-state index in [1.165, 1.54) is 17.7 Å². The van der Waals surface area contributed by atoms with Crippen LogP contribution >= 0.6 is 22.9 Å². The Hall–Kier alpha value is -1.17. The number of nitrogens with one attached hydrogen (secondary N) is 1. The van der Waals surface area contributed by atoms with Crippen LogP contribution in [-0.2, 0) is 13.0 Å². The van der Waals surface area contributed by atoms with Crippen LogP contribution in [0.4, 0.5) is 0 Å². The summed E-state index contributed by atoms with van der Waals surface area (Å²) < 4.78 is 5.73. The summed E-state index contributed by atoms with van der Waals surface area (Å²) in [5, 5.41) is 4.14. The zero-order valence-corrected chi connectivity index (χ0v) is 13.5. The molecule has 1 N–H and O–H groups in total. The van der Waals surface area contributed by atoms with Crippen molar-refractivity contribution in [1.82, 2.24) is 15.3 Å². The minimum Gasteiger partial charge on any atom is -0.477 e. The van der Waals surface area contributed by atoms with E-state index >= 15 is 0 Å². The predicted octanol–water partition coefficient (Wildman–Crippen LogP) is 3.37. The second kappa shape index (κ2) is 6.73. The molecule has 3 rings (SSSR count). The third kappa shape index (κ3) is 4.15. The Morgan fingerprint density at radius 3 is 3.00 bits per heavy atom. The Morgan fingerprint density at radius 1 is 1.43 bits per heavy atom. The molecule has 0 aromatic carbocycles. The summed E-state index contributed by atoms with van der Waals surface area (Å²) in [5.41, 5.74) is 4.00. The largest absolute Gasteiger partial charge is 0.477 e. The number of aryl methyl sites for hydroxylation is 1. The highest BCUT2D eigenvalue weighted by Crippen LogP contribution is 2.23. The van der Waals surface area contributed by atoms with Gasteiger partial charge in [-0.05, 0) is 25.3 Å². The van der Waals surface area contributed by atoms with E-state index in [1.807, 2.05) is 18.5 Å². The first kappa shape index (κ1) is 14.8. The molecule has 4 nitrogen and oxygen atoms in total. The summed E-state index contributed by atoms with van der Waals surface area (Å²) in [4.78, 5) is 9.73. The first-order valence-electron chi connectivity index (χ1n) is 7.12. The van der Waals surface area contributed by atoms with Crippen molar-refractivity contribution in [2.24, 2.45) is 0 Å². The van der Waals surface area contributed by atoms with E-state index < -0.39 is 0 Å². The van der Waals surface area contributed by atoms with Gasteiger partial charge in [0.2, 0.25) is 5.88 Å². The smallest absolute Gasteiger partial charge is 0.213 e. The third-order valence-electron chi connectivity index (χ3n) is 3.49. The monoisotopic (exact) mass is 323 g/mol. The van der Waals surface area contributed by atoms with E-state index in [-0.39, 0.29) is 0 Å². The van der Waals surface area contributed by atoms with Gasteiger partial charge in [0.25, 0.3) is 0 Å². The Labute approximate surface area is 133 Å². The topological polar surface area (TPSA) is 47.0 Å². The van der Waals surface area contributed by atoms with Gasteiger partial charge >= 0.3 is 0 Å². The lowest BCUT2D eigenvalue weighted by atomic mass is 10.2. The lowest BCUT2D eigenvalue weighted by molar-refractivity contribution is 0.310. The minimum atomic E-state index is 0.604. The fraction of sp³-hybridized carbons (Fsp3) is 0.467. The van der Waals surface area contributed by atoms with Crippen LogP contribution < -0.4 is 10.1 Å². The van der Waals surface area contributed by atoms with Gasteiger partial charge in [-0.25, -0.2) is 9.97 Å². The normalized spacial score (nSPS) is 14.4. The Bertz CT molecular complexity index is 613. The van der Waals surface area contributed by atoms with Gasteiger partial charge in [-0.1, -0.05) is 11.6 Å². The van der Waals surface area contributed by atoms with Crippen LogP contribution in [0, 0.1) is 6.92 Å². The van der Waals surface area contributed by atoms with Crippen LogP contribution in [0.15, 0.2) is 17.8 Å². The van der Waals surface area contributed by atoms with Crippen LogP contribution in [0.3, 0.4) is 0 Å². The number of hydrogen-bond donors (Lipinski definition) is 1. The van der Waals surface area contributed by atoms with E-state index in [2.05, 4.69) is 15.3 Å². The first-order chi connectivity index (χ1) is 10.2. The summed E-state index contributed by atoms with van der Waals surface area (Å²) in [5.74, 6) is 0.633. The summed E-state index contributed by atoms with van der Waals surface area (Å²) in [6, 6.07) is 2.59. The molecular weight excluding hydrogens is 306 g/mol. The molecule has 1 saturated carbocycles. The predicted molar refractivity (Wildman–Crippen MR) is 85.2 cm³/mol. The molecule has 0 atom stereocenters. The molecule has 6 heteroatoms. The number of ether oxygens (including phenoxy) is 1. The number of pyridine rings is 1. The quantitative estimate of drug-likeness (QED) is 0.848. The van der Waals surface area contributed by atoms with Crippen LogP contribution in [0.5, 0.6) is 5.88 Å². The third-order valence-corrected chi connectivity index (χ3v) is 4.83. The zero-order valence-electron chi connectivity index (χ0n) is 11.9. The lowest BCUT2D eigenvalue weighted by Gasteiger charge is -2.09. The summed E-state index contributed by atoms with van der Waals surface area (Å²) in [6.07, 6.45) is 5.05. The number of rotatable bonds is 7. The molecule has 0 saturated heterocycles. The molecule has 1 aliphatic carbocycles. The molecule has 0 spiro atoms. The molecular formula is C15H18ClN3OS. The molecule has 2 heterocycles. The lowest BCUT2D eigenvalue weighted by Crippen LogP contribution is -2.15. The molecule has 1 fully saturated rings. The maximum Gasteiger partial charge on any atom is 0.213 e. The standard InChI is InChI=1S/C15H18ClN3OS/c1-10-14(21-9-19-10)4-5-20-15-6-11(13(16)8-18-15)7-17-12-2-3-12/h6,8-9,12,17H,2-5,7H2,1H3. The van der Waals surface area contributed by atoms with E-state index in [0.29, 0.717) is 23.6 Å². The molecule has 2 aromatic rings. The Balaban J connectivity index is 1.54. The van der Waals surface area contributed by atoms with Crippen molar-refractivity contribution < 1.29 is 4.74 Å². The number of aromatic nitrogens is 2. The van der Waals surface area contributed by atoms with E-state index in [9.17, 15) is 0 Å². The van der Waals surface area contributed by atoms with E-state index in [0.717, 1.165) is 24.2 Å². The molecule has 0 radical (unpaired) electrons. The molecule has 21 heavy (non-hydrogen) atoms. The molecule has 0 amide bonds. The zero-order chi connectivity index (χ0) is 14.7. The Morgan fingerprint density at radius 2 is 2.29 bits per heavy atom. The molecule has 2 aromatic heterocycles. The van der Waals surface area contributed by atoms with Gasteiger partial charge in [-0.3, -0.25) is 0 Å². The van der Waals surface area contributed by atoms with Gasteiger partial charge in [0, 0.05) is 36.1 Å².